The molecule has 3 rings (SSSR count). The highest BCUT2D eigenvalue weighted by molar-refractivity contribution is 6.30. The van der Waals surface area contributed by atoms with Gasteiger partial charge in [0.1, 0.15) is 6.26 Å². The van der Waals surface area contributed by atoms with Crippen LogP contribution in [-0.4, -0.2) is 28.5 Å². The first-order valence-electron chi connectivity index (χ1n) is 7.32. The fourth-order valence-electron chi connectivity index (χ4n) is 2.80. The summed E-state index contributed by atoms with van der Waals surface area (Å²) in [6.45, 7) is 4.05. The van der Waals surface area contributed by atoms with Gasteiger partial charge in [-0.2, -0.15) is 0 Å². The van der Waals surface area contributed by atoms with E-state index in [2.05, 4.69) is 16.8 Å². The molecule has 2 N–H and O–H groups in total. The summed E-state index contributed by atoms with van der Waals surface area (Å²) >= 11 is 5.89. The van der Waals surface area contributed by atoms with Crippen molar-refractivity contribution in [2.75, 3.05) is 6.54 Å². The van der Waals surface area contributed by atoms with Crippen molar-refractivity contribution >= 4 is 11.6 Å². The lowest BCUT2D eigenvalue weighted by Crippen LogP contribution is -2.45. The first-order valence-corrected chi connectivity index (χ1v) is 7.69. The topological polar surface area (TPSA) is 55.3 Å². The Morgan fingerprint density at radius 3 is 2.86 bits per heavy atom. The number of benzene rings is 1. The van der Waals surface area contributed by atoms with E-state index in [9.17, 15) is 0 Å². The van der Waals surface area contributed by atoms with Gasteiger partial charge in [0.25, 0.3) is 0 Å². The number of oxazole rings is 1. The Morgan fingerprint density at radius 1 is 1.38 bits per heavy atom. The highest BCUT2D eigenvalue weighted by Crippen LogP contribution is 2.23. The lowest BCUT2D eigenvalue weighted by molar-refractivity contribution is 0.138. The molecule has 1 aliphatic heterocycles. The van der Waals surface area contributed by atoms with E-state index >= 15 is 0 Å². The second-order valence-electron chi connectivity index (χ2n) is 5.75. The van der Waals surface area contributed by atoms with E-state index in [1.807, 2.05) is 24.3 Å². The smallest absolute Gasteiger partial charge is 0.226 e. The van der Waals surface area contributed by atoms with Crippen molar-refractivity contribution < 1.29 is 4.42 Å². The zero-order chi connectivity index (χ0) is 14.8. The molecular formula is C16H20ClN3O. The fraction of sp³-hybridized carbons (Fsp3) is 0.438. The molecule has 2 unspecified atom stereocenters. The van der Waals surface area contributed by atoms with Crippen LogP contribution in [-0.2, 0) is 6.54 Å². The molecular weight excluding hydrogens is 286 g/mol. The van der Waals surface area contributed by atoms with Gasteiger partial charge in [0.15, 0.2) is 0 Å². The molecule has 112 valence electrons. The molecule has 2 atom stereocenters. The van der Waals surface area contributed by atoms with E-state index in [1.165, 1.54) is 0 Å². The molecule has 2 aromatic rings. The van der Waals surface area contributed by atoms with Gasteiger partial charge in [-0.1, -0.05) is 11.6 Å². The summed E-state index contributed by atoms with van der Waals surface area (Å²) in [5, 5.41) is 0.712. The maximum absolute atomic E-state index is 6.00. The Morgan fingerprint density at radius 2 is 2.14 bits per heavy atom. The van der Waals surface area contributed by atoms with Crippen molar-refractivity contribution in [3.63, 3.8) is 0 Å². The van der Waals surface area contributed by atoms with Crippen LogP contribution in [0.4, 0.5) is 0 Å². The molecule has 1 aromatic carbocycles. The van der Waals surface area contributed by atoms with E-state index < -0.39 is 0 Å². The lowest BCUT2D eigenvalue weighted by Gasteiger charge is -2.35. The summed E-state index contributed by atoms with van der Waals surface area (Å²) in [5.74, 6) is 0.642. The van der Waals surface area contributed by atoms with Crippen molar-refractivity contribution in [3.8, 4) is 11.5 Å². The average molecular weight is 306 g/mol. The minimum atomic E-state index is 0.332. The fourth-order valence-corrected chi connectivity index (χ4v) is 2.93. The van der Waals surface area contributed by atoms with E-state index in [-0.39, 0.29) is 0 Å². The molecule has 0 saturated carbocycles. The maximum atomic E-state index is 6.00. The molecule has 21 heavy (non-hydrogen) atoms. The second kappa shape index (κ2) is 6.18. The van der Waals surface area contributed by atoms with Crippen LogP contribution in [0.2, 0.25) is 5.02 Å². The summed E-state index contributed by atoms with van der Waals surface area (Å²) in [6, 6.07) is 8.34. The molecule has 1 aromatic heterocycles. The van der Waals surface area contributed by atoms with Crippen LogP contribution in [0.5, 0.6) is 0 Å². The van der Waals surface area contributed by atoms with Crippen LogP contribution in [0, 0.1) is 0 Å². The Bertz CT molecular complexity index is 596. The molecule has 1 fully saturated rings. The normalized spacial score (nSPS) is 23.4. The van der Waals surface area contributed by atoms with Crippen molar-refractivity contribution in [1.29, 1.82) is 0 Å². The van der Waals surface area contributed by atoms with Crippen molar-refractivity contribution in [1.82, 2.24) is 9.88 Å². The Balaban J connectivity index is 1.69. The zero-order valence-electron chi connectivity index (χ0n) is 12.1. The molecule has 1 saturated heterocycles. The Labute approximate surface area is 129 Å². The SMILES string of the molecule is CC1CC(N)CCN1Cc1coc(-c2ccc(Cl)cc2)n1. The lowest BCUT2D eigenvalue weighted by atomic mass is 9.99. The molecule has 5 heteroatoms. The van der Waals surface area contributed by atoms with Gasteiger partial charge in [-0.15, -0.1) is 0 Å². The monoisotopic (exact) mass is 305 g/mol. The van der Waals surface area contributed by atoms with Crippen LogP contribution in [0.3, 0.4) is 0 Å². The summed E-state index contributed by atoms with van der Waals surface area (Å²) < 4.78 is 5.58. The highest BCUT2D eigenvalue weighted by atomic mass is 35.5. The number of aromatic nitrogens is 1. The van der Waals surface area contributed by atoms with Gasteiger partial charge >= 0.3 is 0 Å². The predicted molar refractivity (Wildman–Crippen MR) is 84.0 cm³/mol. The second-order valence-corrected chi connectivity index (χ2v) is 6.19. The molecule has 0 bridgehead atoms. The predicted octanol–water partition coefficient (Wildman–Crippen LogP) is 3.31. The first-order chi connectivity index (χ1) is 10.1. The summed E-state index contributed by atoms with van der Waals surface area (Å²) in [4.78, 5) is 6.98. The molecule has 0 spiro atoms. The number of likely N-dealkylation sites (tertiary alicyclic amines) is 1. The largest absolute Gasteiger partial charge is 0.444 e. The van der Waals surface area contributed by atoms with Gasteiger partial charge in [-0.3, -0.25) is 4.90 Å². The zero-order valence-corrected chi connectivity index (χ0v) is 12.9. The number of nitrogens with two attached hydrogens (primary N) is 1. The van der Waals surface area contributed by atoms with Gasteiger partial charge in [-0.25, -0.2) is 4.98 Å². The molecule has 2 heterocycles. The Kier molecular flexibility index (Phi) is 4.29. The van der Waals surface area contributed by atoms with Gasteiger partial charge < -0.3 is 10.2 Å². The van der Waals surface area contributed by atoms with Crippen LogP contribution in [0.25, 0.3) is 11.5 Å². The third kappa shape index (κ3) is 3.46. The van der Waals surface area contributed by atoms with E-state index in [1.54, 1.807) is 6.26 Å². The number of hydrogen-bond donors (Lipinski definition) is 1. The number of hydrogen-bond acceptors (Lipinski definition) is 4. The Hall–Kier alpha value is -1.36. The highest BCUT2D eigenvalue weighted by Gasteiger charge is 2.24. The van der Waals surface area contributed by atoms with E-state index in [0.29, 0.717) is 23.0 Å². The number of rotatable bonds is 3. The van der Waals surface area contributed by atoms with Gasteiger partial charge in [0.05, 0.1) is 5.69 Å². The molecule has 0 amide bonds. The first kappa shape index (κ1) is 14.6. The van der Waals surface area contributed by atoms with Crippen molar-refractivity contribution in [2.24, 2.45) is 5.73 Å². The van der Waals surface area contributed by atoms with E-state index in [0.717, 1.165) is 37.2 Å². The van der Waals surface area contributed by atoms with Gasteiger partial charge in [0.2, 0.25) is 5.89 Å². The average Bonchev–Trinajstić information content (AvgIpc) is 2.91. The molecule has 0 radical (unpaired) electrons. The summed E-state index contributed by atoms with van der Waals surface area (Å²) in [5.41, 5.74) is 7.91. The minimum absolute atomic E-state index is 0.332. The third-order valence-electron chi connectivity index (χ3n) is 4.06. The summed E-state index contributed by atoms with van der Waals surface area (Å²) in [6.07, 6.45) is 3.83. The minimum Gasteiger partial charge on any atom is -0.444 e. The molecule has 0 aliphatic carbocycles. The third-order valence-corrected chi connectivity index (χ3v) is 4.31. The van der Waals surface area contributed by atoms with Crippen LogP contribution in [0.15, 0.2) is 34.9 Å². The van der Waals surface area contributed by atoms with Gasteiger partial charge in [0, 0.05) is 35.8 Å². The van der Waals surface area contributed by atoms with Crippen molar-refractivity contribution in [2.45, 2.75) is 38.4 Å². The van der Waals surface area contributed by atoms with Crippen molar-refractivity contribution in [3.05, 3.63) is 41.2 Å². The standard InChI is InChI=1S/C16H20ClN3O/c1-11-8-14(18)6-7-20(11)9-15-10-21-16(19-15)12-2-4-13(17)5-3-12/h2-5,10-11,14H,6-9,18H2,1H3. The van der Waals surface area contributed by atoms with E-state index in [4.69, 9.17) is 21.8 Å². The number of nitrogens with zero attached hydrogens (tertiary/aromatic N) is 2. The number of halogens is 1. The van der Waals surface area contributed by atoms with Crippen LogP contribution >= 0.6 is 11.6 Å². The van der Waals surface area contributed by atoms with Crippen LogP contribution < -0.4 is 5.73 Å². The summed E-state index contributed by atoms with van der Waals surface area (Å²) in [7, 11) is 0. The number of piperidine rings is 1. The van der Waals surface area contributed by atoms with Crippen LogP contribution in [0.1, 0.15) is 25.5 Å². The maximum Gasteiger partial charge on any atom is 0.226 e. The molecule has 4 nitrogen and oxygen atoms in total. The van der Waals surface area contributed by atoms with Gasteiger partial charge in [-0.05, 0) is 44.0 Å². The molecule has 1 aliphatic rings. The quantitative estimate of drug-likeness (QED) is 0.945.